The summed E-state index contributed by atoms with van der Waals surface area (Å²) in [5.41, 5.74) is 1.25. The van der Waals surface area contributed by atoms with E-state index in [-0.39, 0.29) is 42.9 Å². The minimum atomic E-state index is -0.699. The van der Waals surface area contributed by atoms with Crippen molar-refractivity contribution in [2.75, 3.05) is 6.61 Å². The van der Waals surface area contributed by atoms with Gasteiger partial charge in [-0.25, -0.2) is 4.89 Å². The van der Waals surface area contributed by atoms with Gasteiger partial charge in [-0.05, 0) is 62.4 Å². The van der Waals surface area contributed by atoms with E-state index < -0.39 is 12.2 Å². The molecule has 7 unspecified atom stereocenters. The molecular formula is C23H38O6. The Hall–Kier alpha value is -1.21. The number of hydrogen-bond donors (Lipinski definition) is 3. The Kier molecular flexibility index (Phi) is 9.83. The molecule has 6 heteroatoms. The summed E-state index contributed by atoms with van der Waals surface area (Å²) in [5, 5.41) is 28.7. The molecule has 0 heterocycles. The van der Waals surface area contributed by atoms with Gasteiger partial charge in [0.25, 0.3) is 0 Å². The van der Waals surface area contributed by atoms with Crippen LogP contribution >= 0.6 is 0 Å². The zero-order chi connectivity index (χ0) is 21.4. The van der Waals surface area contributed by atoms with Gasteiger partial charge < -0.3 is 14.9 Å². The number of rotatable bonds is 11. The monoisotopic (exact) mass is 410 g/mol. The van der Waals surface area contributed by atoms with Crippen LogP contribution in [0.3, 0.4) is 0 Å². The number of hydrogen-bond acceptors (Lipinski definition) is 6. The Morgan fingerprint density at radius 3 is 2.69 bits per heavy atom. The maximum Gasteiger partial charge on any atom is 0.308 e. The molecule has 6 nitrogen and oxygen atoms in total. The molecule has 166 valence electrons. The van der Waals surface area contributed by atoms with Crippen molar-refractivity contribution in [3.63, 3.8) is 0 Å². The zero-order valence-corrected chi connectivity index (χ0v) is 18.0. The first-order valence-corrected chi connectivity index (χ1v) is 11.1. The van der Waals surface area contributed by atoms with Crippen LogP contribution in [-0.4, -0.2) is 46.4 Å². The lowest BCUT2D eigenvalue weighted by molar-refractivity contribution is -0.245. The zero-order valence-electron chi connectivity index (χ0n) is 18.0. The standard InChI is InChI=1S/C23H38O6/c1-4-15(2)23(26)29-21-7-5-6-17-9-8-16(3)20(22(17)21)11-10-18(24)14-19(25)12-13-28-27/h6,8-9,15-16,18-22,24-25,27H,4-5,7,10-14H2,1-3H3. The van der Waals surface area contributed by atoms with E-state index in [1.807, 2.05) is 13.8 Å². The molecule has 0 saturated carbocycles. The summed E-state index contributed by atoms with van der Waals surface area (Å²) in [6.45, 7) is 6.14. The van der Waals surface area contributed by atoms with Gasteiger partial charge >= 0.3 is 5.97 Å². The Morgan fingerprint density at radius 1 is 1.28 bits per heavy atom. The average molecular weight is 411 g/mol. The van der Waals surface area contributed by atoms with Gasteiger partial charge in [-0.15, -0.1) is 0 Å². The number of esters is 1. The fourth-order valence-corrected chi connectivity index (χ4v) is 4.51. The molecule has 0 bridgehead atoms. The van der Waals surface area contributed by atoms with Crippen molar-refractivity contribution in [3.8, 4) is 0 Å². The largest absolute Gasteiger partial charge is 0.461 e. The number of allylic oxidation sites excluding steroid dienone is 3. The summed E-state index contributed by atoms with van der Waals surface area (Å²) >= 11 is 0. The fraction of sp³-hybridized carbons (Fsp3) is 0.783. The van der Waals surface area contributed by atoms with Crippen molar-refractivity contribution in [3.05, 3.63) is 23.8 Å². The Labute approximate surface area is 174 Å². The van der Waals surface area contributed by atoms with E-state index in [4.69, 9.17) is 9.99 Å². The summed E-state index contributed by atoms with van der Waals surface area (Å²) in [4.78, 5) is 16.4. The number of carbonyl (C=O) groups excluding carboxylic acids is 1. The first kappa shape index (κ1) is 24.1. The molecule has 0 fully saturated rings. The number of aliphatic hydroxyl groups is 2. The van der Waals surface area contributed by atoms with E-state index in [1.54, 1.807) is 0 Å². The van der Waals surface area contributed by atoms with Crippen molar-refractivity contribution in [1.29, 1.82) is 0 Å². The van der Waals surface area contributed by atoms with E-state index in [1.165, 1.54) is 5.57 Å². The predicted octanol–water partition coefficient (Wildman–Crippen LogP) is 3.87. The predicted molar refractivity (Wildman–Crippen MR) is 111 cm³/mol. The van der Waals surface area contributed by atoms with Crippen LogP contribution in [0.2, 0.25) is 0 Å². The van der Waals surface area contributed by atoms with Crippen molar-refractivity contribution in [1.82, 2.24) is 0 Å². The van der Waals surface area contributed by atoms with Gasteiger partial charge in [-0.1, -0.05) is 39.0 Å². The van der Waals surface area contributed by atoms with E-state index in [9.17, 15) is 15.0 Å². The lowest BCUT2D eigenvalue weighted by Gasteiger charge is -2.42. The minimum absolute atomic E-state index is 0.0534. The van der Waals surface area contributed by atoms with Gasteiger partial charge in [0.1, 0.15) is 6.10 Å². The molecule has 2 aliphatic carbocycles. The highest BCUT2D eigenvalue weighted by molar-refractivity contribution is 5.72. The molecular weight excluding hydrogens is 372 g/mol. The molecule has 7 atom stereocenters. The Bertz CT molecular complexity index is 572. The lowest BCUT2D eigenvalue weighted by atomic mass is 9.66. The van der Waals surface area contributed by atoms with Crippen molar-refractivity contribution >= 4 is 5.97 Å². The Balaban J connectivity index is 2.01. The van der Waals surface area contributed by atoms with Gasteiger partial charge in [0.2, 0.25) is 0 Å². The number of aliphatic hydroxyl groups excluding tert-OH is 2. The molecule has 0 aromatic rings. The fourth-order valence-electron chi connectivity index (χ4n) is 4.51. The third kappa shape index (κ3) is 6.92. The van der Waals surface area contributed by atoms with Gasteiger partial charge in [0, 0.05) is 5.92 Å². The highest BCUT2D eigenvalue weighted by atomic mass is 17.1. The maximum absolute atomic E-state index is 12.4. The van der Waals surface area contributed by atoms with Gasteiger partial charge in [0.15, 0.2) is 0 Å². The quantitative estimate of drug-likeness (QED) is 0.272. The van der Waals surface area contributed by atoms with Crippen LogP contribution in [0, 0.1) is 23.7 Å². The van der Waals surface area contributed by atoms with Crippen LogP contribution in [0.1, 0.15) is 65.7 Å². The van der Waals surface area contributed by atoms with Crippen molar-refractivity contribution in [2.24, 2.45) is 23.7 Å². The summed E-state index contributed by atoms with van der Waals surface area (Å²) in [7, 11) is 0. The van der Waals surface area contributed by atoms with E-state index in [0.29, 0.717) is 18.8 Å². The van der Waals surface area contributed by atoms with Gasteiger partial charge in [0.05, 0.1) is 24.7 Å². The van der Waals surface area contributed by atoms with E-state index in [0.717, 1.165) is 25.7 Å². The van der Waals surface area contributed by atoms with Crippen molar-refractivity contribution in [2.45, 2.75) is 84.0 Å². The highest BCUT2D eigenvalue weighted by Gasteiger charge is 2.40. The van der Waals surface area contributed by atoms with Crippen LogP contribution in [-0.2, 0) is 14.4 Å². The topological polar surface area (TPSA) is 96.2 Å². The second kappa shape index (κ2) is 11.8. The highest BCUT2D eigenvalue weighted by Crippen LogP contribution is 2.44. The molecule has 0 radical (unpaired) electrons. The molecule has 0 amide bonds. The summed E-state index contributed by atoms with van der Waals surface area (Å²) in [6, 6.07) is 0. The van der Waals surface area contributed by atoms with E-state index >= 15 is 0 Å². The smallest absolute Gasteiger partial charge is 0.308 e. The lowest BCUT2D eigenvalue weighted by Crippen LogP contribution is -2.40. The van der Waals surface area contributed by atoms with Gasteiger partial charge in [-0.3, -0.25) is 10.1 Å². The molecule has 3 N–H and O–H groups in total. The molecule has 0 spiro atoms. The minimum Gasteiger partial charge on any atom is -0.461 e. The molecule has 2 rings (SSSR count). The SMILES string of the molecule is CCC(C)C(=O)OC1CCC=C2C=CC(C)C(CCC(O)CC(O)CCOO)C21. The number of fused-ring (bicyclic) bond motifs is 1. The summed E-state index contributed by atoms with van der Waals surface area (Å²) < 4.78 is 5.95. The third-order valence-electron chi connectivity index (χ3n) is 6.55. The molecule has 0 saturated heterocycles. The van der Waals surface area contributed by atoms with Crippen molar-refractivity contribution < 1.29 is 29.9 Å². The van der Waals surface area contributed by atoms with Crippen LogP contribution in [0.15, 0.2) is 23.8 Å². The second-order valence-corrected chi connectivity index (χ2v) is 8.72. The van der Waals surface area contributed by atoms with E-state index in [2.05, 4.69) is 30.0 Å². The van der Waals surface area contributed by atoms with Crippen LogP contribution in [0.5, 0.6) is 0 Å². The molecule has 0 aromatic carbocycles. The molecule has 29 heavy (non-hydrogen) atoms. The van der Waals surface area contributed by atoms with Crippen LogP contribution in [0.25, 0.3) is 0 Å². The Morgan fingerprint density at radius 2 is 2.00 bits per heavy atom. The van der Waals surface area contributed by atoms with Crippen LogP contribution < -0.4 is 0 Å². The average Bonchev–Trinajstić information content (AvgIpc) is 2.71. The van der Waals surface area contributed by atoms with Gasteiger partial charge in [-0.2, -0.15) is 0 Å². The van der Waals surface area contributed by atoms with Crippen LogP contribution in [0.4, 0.5) is 0 Å². The molecule has 2 aliphatic rings. The number of ether oxygens (including phenoxy) is 1. The third-order valence-corrected chi connectivity index (χ3v) is 6.55. The first-order chi connectivity index (χ1) is 13.9. The second-order valence-electron chi connectivity index (χ2n) is 8.72. The molecule has 0 aromatic heterocycles. The first-order valence-electron chi connectivity index (χ1n) is 11.1. The number of carbonyl (C=O) groups is 1. The normalized spacial score (nSPS) is 29.5. The maximum atomic E-state index is 12.4. The summed E-state index contributed by atoms with van der Waals surface area (Å²) in [6.07, 6.45) is 9.68. The molecule has 0 aliphatic heterocycles. The summed E-state index contributed by atoms with van der Waals surface area (Å²) in [5.74, 6) is 0.574.